The van der Waals surface area contributed by atoms with Gasteiger partial charge in [0.2, 0.25) is 5.78 Å². The average Bonchev–Trinajstić information content (AvgIpc) is 3.04. The molecule has 0 amide bonds. The van der Waals surface area contributed by atoms with Crippen molar-refractivity contribution in [1.29, 1.82) is 0 Å². The van der Waals surface area contributed by atoms with Gasteiger partial charge in [0.25, 0.3) is 0 Å². The molecule has 0 radical (unpaired) electrons. The Morgan fingerprint density at radius 1 is 1.29 bits per heavy atom. The maximum atomic E-state index is 12.7. The molecule has 0 fully saturated rings. The number of ether oxygens (including phenoxy) is 1. The quantitative estimate of drug-likeness (QED) is 0.633. The van der Waals surface area contributed by atoms with Crippen LogP contribution in [0.5, 0.6) is 0 Å². The van der Waals surface area contributed by atoms with E-state index in [9.17, 15) is 9.59 Å². The second-order valence-electron chi connectivity index (χ2n) is 4.98. The molecule has 1 atom stereocenters. The van der Waals surface area contributed by atoms with Gasteiger partial charge in [0.15, 0.2) is 0 Å². The molecule has 0 aliphatic carbocycles. The van der Waals surface area contributed by atoms with Gasteiger partial charge >= 0.3 is 5.97 Å². The summed E-state index contributed by atoms with van der Waals surface area (Å²) in [4.78, 5) is 24.5. The number of halogens is 1. The highest BCUT2D eigenvalue weighted by Gasteiger charge is 2.34. The lowest BCUT2D eigenvalue weighted by Crippen LogP contribution is -2.11. The van der Waals surface area contributed by atoms with Gasteiger partial charge in [-0.1, -0.05) is 30.3 Å². The Hall–Kier alpha value is -1.88. The van der Waals surface area contributed by atoms with Crippen molar-refractivity contribution in [3.63, 3.8) is 0 Å². The van der Waals surface area contributed by atoms with Crippen molar-refractivity contribution in [2.45, 2.75) is 18.9 Å². The molecule has 3 rings (SSSR count). The van der Waals surface area contributed by atoms with Crippen LogP contribution < -0.4 is 0 Å². The number of esters is 1. The van der Waals surface area contributed by atoms with Gasteiger partial charge < -0.3 is 9.30 Å². The number of methoxy groups -OCH3 is 1. The number of rotatable bonds is 3. The lowest BCUT2D eigenvalue weighted by atomic mass is 10.1. The fourth-order valence-electron chi connectivity index (χ4n) is 2.81. The van der Waals surface area contributed by atoms with Gasteiger partial charge in [-0.3, -0.25) is 9.59 Å². The molecule has 1 aromatic heterocycles. The molecular weight excluding hydrogens is 334 g/mol. The van der Waals surface area contributed by atoms with Gasteiger partial charge in [0.05, 0.1) is 13.0 Å². The zero-order valence-electron chi connectivity index (χ0n) is 11.5. The second kappa shape index (κ2) is 5.48. The zero-order valence-corrected chi connectivity index (χ0v) is 13.1. The summed E-state index contributed by atoms with van der Waals surface area (Å²) in [7, 11) is 1.39. The molecular formula is C16H14BrNO3. The van der Waals surface area contributed by atoms with Crippen LogP contribution in [0.4, 0.5) is 0 Å². The molecule has 0 saturated carbocycles. The molecule has 5 heteroatoms. The van der Waals surface area contributed by atoms with Crippen LogP contribution in [0.1, 0.15) is 34.1 Å². The summed E-state index contributed by atoms with van der Waals surface area (Å²) in [6, 6.07) is 11.0. The van der Waals surface area contributed by atoms with E-state index in [1.165, 1.54) is 7.11 Å². The van der Waals surface area contributed by atoms with Gasteiger partial charge in [0, 0.05) is 22.3 Å². The van der Waals surface area contributed by atoms with Crippen molar-refractivity contribution < 1.29 is 14.3 Å². The molecule has 1 aromatic carbocycles. The summed E-state index contributed by atoms with van der Waals surface area (Å²) in [6.07, 6.45) is 0.671. The molecule has 1 unspecified atom stereocenters. The van der Waals surface area contributed by atoms with E-state index < -0.39 is 0 Å². The number of fused-ring (bicyclic) bond motifs is 1. The molecule has 108 valence electrons. The van der Waals surface area contributed by atoms with E-state index >= 15 is 0 Å². The van der Waals surface area contributed by atoms with Crippen molar-refractivity contribution in [2.24, 2.45) is 0 Å². The van der Waals surface area contributed by atoms with Crippen molar-refractivity contribution in [3.8, 4) is 0 Å². The van der Waals surface area contributed by atoms with Crippen LogP contribution in [-0.2, 0) is 16.1 Å². The van der Waals surface area contributed by atoms with Gasteiger partial charge in [-0.2, -0.15) is 0 Å². The molecule has 2 heterocycles. The maximum absolute atomic E-state index is 12.7. The van der Waals surface area contributed by atoms with Crippen molar-refractivity contribution >= 4 is 27.7 Å². The van der Waals surface area contributed by atoms with E-state index in [0.29, 0.717) is 24.2 Å². The number of nitrogens with zero attached hydrogens (tertiary/aromatic N) is 1. The number of carbonyl (C=O) groups excluding carboxylic acids is 2. The van der Waals surface area contributed by atoms with Crippen molar-refractivity contribution in [3.05, 3.63) is 57.8 Å². The Morgan fingerprint density at radius 2 is 2.00 bits per heavy atom. The first-order valence-electron chi connectivity index (χ1n) is 6.70. The topological polar surface area (TPSA) is 48.3 Å². The average molecular weight is 348 g/mol. The van der Waals surface area contributed by atoms with Gasteiger partial charge in [0.1, 0.15) is 5.69 Å². The van der Waals surface area contributed by atoms with Gasteiger partial charge in [-0.15, -0.1) is 0 Å². The summed E-state index contributed by atoms with van der Waals surface area (Å²) in [5, 5.41) is 0. The Morgan fingerprint density at radius 3 is 2.67 bits per heavy atom. The Bertz CT molecular complexity index is 706. The van der Waals surface area contributed by atoms with E-state index in [1.54, 1.807) is 12.1 Å². The van der Waals surface area contributed by atoms with E-state index in [2.05, 4.69) is 15.9 Å². The molecule has 0 N–H and O–H groups in total. The van der Waals surface area contributed by atoms with E-state index in [-0.39, 0.29) is 17.7 Å². The number of carbonyl (C=O) groups is 2. The highest BCUT2D eigenvalue weighted by atomic mass is 79.9. The molecule has 2 aromatic rings. The standard InChI is InChI=1S/C16H14BrNO3/c1-21-16(20)11-7-8-18-13(11)9-12(17)14(18)15(19)10-5-3-2-4-6-10/h2-6,9,11H,7-8H2,1H3. The number of hydrogen-bond donors (Lipinski definition) is 0. The Kier molecular flexibility index (Phi) is 3.68. The minimum atomic E-state index is -0.288. The van der Waals surface area contributed by atoms with Crippen LogP contribution >= 0.6 is 15.9 Å². The predicted molar refractivity (Wildman–Crippen MR) is 81.4 cm³/mol. The SMILES string of the molecule is COC(=O)C1CCn2c1cc(Br)c2C(=O)c1ccccc1. The van der Waals surface area contributed by atoms with Crippen molar-refractivity contribution in [2.75, 3.05) is 7.11 Å². The Labute approximate surface area is 130 Å². The molecule has 0 saturated heterocycles. The fraction of sp³-hybridized carbons (Fsp3) is 0.250. The van der Waals surface area contributed by atoms with Crippen LogP contribution in [0.2, 0.25) is 0 Å². The molecule has 1 aliphatic heterocycles. The summed E-state index contributed by atoms with van der Waals surface area (Å²) < 4.78 is 7.47. The predicted octanol–water partition coefficient (Wildman–Crippen LogP) is 3.14. The second-order valence-corrected chi connectivity index (χ2v) is 5.83. The van der Waals surface area contributed by atoms with E-state index in [1.807, 2.05) is 28.8 Å². The first-order chi connectivity index (χ1) is 10.1. The molecule has 21 heavy (non-hydrogen) atoms. The smallest absolute Gasteiger partial charge is 0.314 e. The fourth-order valence-corrected chi connectivity index (χ4v) is 3.44. The van der Waals surface area contributed by atoms with E-state index in [4.69, 9.17) is 4.74 Å². The summed E-state index contributed by atoms with van der Waals surface area (Å²) in [5.41, 5.74) is 2.08. The zero-order chi connectivity index (χ0) is 15.0. The summed E-state index contributed by atoms with van der Waals surface area (Å²) >= 11 is 3.45. The first kappa shape index (κ1) is 14.1. The third-order valence-corrected chi connectivity index (χ3v) is 4.42. The van der Waals surface area contributed by atoms with Crippen LogP contribution in [-0.4, -0.2) is 23.4 Å². The highest BCUT2D eigenvalue weighted by Crippen LogP contribution is 2.36. The minimum absolute atomic E-state index is 0.0424. The lowest BCUT2D eigenvalue weighted by Gasteiger charge is -2.06. The highest BCUT2D eigenvalue weighted by molar-refractivity contribution is 9.10. The van der Waals surface area contributed by atoms with Crippen molar-refractivity contribution in [1.82, 2.24) is 4.57 Å². The molecule has 4 nitrogen and oxygen atoms in total. The molecule has 0 bridgehead atoms. The number of ketones is 1. The molecule has 0 spiro atoms. The third-order valence-electron chi connectivity index (χ3n) is 3.82. The number of aromatic nitrogens is 1. The molecule has 1 aliphatic rings. The third kappa shape index (κ3) is 2.31. The largest absolute Gasteiger partial charge is 0.469 e. The van der Waals surface area contributed by atoms with Gasteiger partial charge in [-0.05, 0) is 28.4 Å². The van der Waals surface area contributed by atoms with Crippen LogP contribution in [0.15, 0.2) is 40.9 Å². The summed E-state index contributed by atoms with van der Waals surface area (Å²) in [5.74, 6) is -0.583. The number of benzene rings is 1. The first-order valence-corrected chi connectivity index (χ1v) is 7.49. The monoisotopic (exact) mass is 347 g/mol. The van der Waals surface area contributed by atoms with Crippen LogP contribution in [0.25, 0.3) is 0 Å². The number of hydrogen-bond acceptors (Lipinski definition) is 3. The summed E-state index contributed by atoms with van der Waals surface area (Å²) in [6.45, 7) is 0.647. The lowest BCUT2D eigenvalue weighted by molar-refractivity contribution is -0.142. The minimum Gasteiger partial charge on any atom is -0.469 e. The van der Waals surface area contributed by atoms with Crippen LogP contribution in [0.3, 0.4) is 0 Å². The van der Waals surface area contributed by atoms with Crippen LogP contribution in [0, 0.1) is 0 Å². The maximum Gasteiger partial charge on any atom is 0.314 e. The Balaban J connectivity index is 2.03. The normalized spacial score (nSPS) is 16.6. The van der Waals surface area contributed by atoms with E-state index in [0.717, 1.165) is 10.2 Å². The van der Waals surface area contributed by atoms with Gasteiger partial charge in [-0.25, -0.2) is 0 Å².